The molecule has 4 heterocycles. The number of fused-ring (bicyclic) bond motifs is 6. The van der Waals surface area contributed by atoms with Crippen LogP contribution in [-0.2, 0) is 33.3 Å². The van der Waals surface area contributed by atoms with Crippen molar-refractivity contribution in [3.8, 4) is 0 Å². The predicted molar refractivity (Wildman–Crippen MR) is 121 cm³/mol. The minimum Gasteiger partial charge on any atom is -0.458 e. The normalized spacial score (nSPS) is 65.0. The number of rotatable bonds is 0. The molecular formula is C28H30O9. The first-order valence-electron chi connectivity index (χ1n) is 13.5. The molecule has 6 bridgehead atoms. The van der Waals surface area contributed by atoms with Gasteiger partial charge in [-0.2, -0.15) is 0 Å². The summed E-state index contributed by atoms with van der Waals surface area (Å²) in [5.41, 5.74) is -7.71. The fraction of sp³-hybridized carbons (Fsp3) is 0.750. The summed E-state index contributed by atoms with van der Waals surface area (Å²) in [6.07, 6.45) is 6.15. The van der Waals surface area contributed by atoms with Gasteiger partial charge in [0.15, 0.2) is 22.6 Å². The molecule has 0 radical (unpaired) electrons. The summed E-state index contributed by atoms with van der Waals surface area (Å²) in [7, 11) is 0. The Labute approximate surface area is 213 Å². The molecule has 4 saturated heterocycles. The second-order valence-corrected chi connectivity index (χ2v) is 13.7. The van der Waals surface area contributed by atoms with Crippen LogP contribution in [-0.4, -0.2) is 68.8 Å². The minimum absolute atomic E-state index is 0.00202. The van der Waals surface area contributed by atoms with Gasteiger partial charge in [-0.05, 0) is 56.9 Å². The van der Waals surface area contributed by atoms with Gasteiger partial charge in [0.2, 0.25) is 5.79 Å². The van der Waals surface area contributed by atoms with Gasteiger partial charge in [0.05, 0.1) is 17.9 Å². The molecule has 9 aliphatic rings. The molecule has 0 aromatic rings. The molecule has 9 nitrogen and oxygen atoms in total. The van der Waals surface area contributed by atoms with E-state index in [4.69, 9.17) is 18.9 Å². The van der Waals surface area contributed by atoms with Crippen molar-refractivity contribution in [1.29, 1.82) is 0 Å². The van der Waals surface area contributed by atoms with Crippen LogP contribution in [0.1, 0.15) is 46.5 Å². The predicted octanol–water partition coefficient (Wildman–Crippen LogP) is 0.959. The van der Waals surface area contributed by atoms with Gasteiger partial charge in [-0.1, -0.05) is 24.6 Å². The molecule has 0 aromatic carbocycles. The van der Waals surface area contributed by atoms with Crippen molar-refractivity contribution < 1.29 is 43.5 Å². The average Bonchev–Trinajstić information content (AvgIpc) is 3.21. The van der Waals surface area contributed by atoms with Gasteiger partial charge in [-0.25, -0.2) is 4.79 Å². The Morgan fingerprint density at radius 1 is 1.05 bits per heavy atom. The van der Waals surface area contributed by atoms with Crippen molar-refractivity contribution in [1.82, 2.24) is 0 Å². The smallest absolute Gasteiger partial charge is 0.342 e. The summed E-state index contributed by atoms with van der Waals surface area (Å²) in [6.45, 7) is 5.53. The van der Waals surface area contributed by atoms with Gasteiger partial charge < -0.3 is 29.2 Å². The van der Waals surface area contributed by atoms with Gasteiger partial charge >= 0.3 is 11.9 Å². The zero-order valence-corrected chi connectivity index (χ0v) is 21.0. The molecule has 0 aromatic heterocycles. The van der Waals surface area contributed by atoms with E-state index >= 15 is 0 Å². The topological polar surface area (TPSA) is 129 Å². The van der Waals surface area contributed by atoms with E-state index in [-0.39, 0.29) is 18.8 Å². The van der Waals surface area contributed by atoms with Gasteiger partial charge in [-0.3, -0.25) is 9.59 Å². The molecule has 9 heteroatoms. The number of carbonyl (C=O) groups excluding carboxylic acids is 3. The van der Waals surface area contributed by atoms with Gasteiger partial charge in [0.1, 0.15) is 11.7 Å². The molecule has 0 amide bonds. The lowest BCUT2D eigenvalue weighted by Crippen LogP contribution is -2.82. The Bertz CT molecular complexity index is 1340. The quantitative estimate of drug-likeness (QED) is 0.362. The van der Waals surface area contributed by atoms with Crippen molar-refractivity contribution in [3.05, 3.63) is 23.8 Å². The lowest BCUT2D eigenvalue weighted by molar-refractivity contribution is -0.372. The summed E-state index contributed by atoms with van der Waals surface area (Å²) in [5.74, 6) is -5.97. The van der Waals surface area contributed by atoms with E-state index in [9.17, 15) is 24.6 Å². The van der Waals surface area contributed by atoms with Crippen molar-refractivity contribution in [2.45, 2.75) is 80.7 Å². The number of ether oxygens (including phenoxy) is 4. The van der Waals surface area contributed by atoms with Gasteiger partial charge in [0, 0.05) is 17.8 Å². The van der Waals surface area contributed by atoms with Crippen LogP contribution >= 0.6 is 0 Å². The third kappa shape index (κ3) is 1.65. The molecule has 3 saturated carbocycles. The summed E-state index contributed by atoms with van der Waals surface area (Å²) in [5, 5.41) is 25.7. The monoisotopic (exact) mass is 510 g/mol. The van der Waals surface area contributed by atoms with Crippen LogP contribution in [0.3, 0.4) is 0 Å². The average molecular weight is 511 g/mol. The fourth-order valence-electron chi connectivity index (χ4n) is 11.6. The highest BCUT2D eigenvalue weighted by Crippen LogP contribution is 2.85. The first-order chi connectivity index (χ1) is 17.4. The number of aliphatic hydroxyl groups is 2. The molecule has 196 valence electrons. The number of ketones is 1. The van der Waals surface area contributed by atoms with Crippen LogP contribution in [0.25, 0.3) is 0 Å². The van der Waals surface area contributed by atoms with Crippen LogP contribution in [0.5, 0.6) is 0 Å². The molecular weight excluding hydrogens is 480 g/mol. The first-order valence-corrected chi connectivity index (χ1v) is 13.5. The summed E-state index contributed by atoms with van der Waals surface area (Å²) >= 11 is 0. The highest BCUT2D eigenvalue weighted by Gasteiger charge is 3.01. The Hall–Kier alpha value is -2.07. The van der Waals surface area contributed by atoms with E-state index in [0.29, 0.717) is 19.3 Å². The van der Waals surface area contributed by atoms with Crippen LogP contribution in [0.4, 0.5) is 0 Å². The maximum atomic E-state index is 13.7. The molecule has 2 N–H and O–H groups in total. The molecule has 5 aliphatic carbocycles. The third-order valence-electron chi connectivity index (χ3n) is 12.9. The molecule has 13 unspecified atom stereocenters. The van der Waals surface area contributed by atoms with E-state index in [0.717, 1.165) is 5.57 Å². The van der Waals surface area contributed by atoms with Crippen molar-refractivity contribution >= 4 is 17.7 Å². The highest BCUT2D eigenvalue weighted by molar-refractivity contribution is 5.99. The molecule has 4 aliphatic heterocycles. The lowest BCUT2D eigenvalue weighted by atomic mass is 9.39. The molecule has 9 rings (SSSR count). The Kier molecular flexibility index (Phi) is 3.23. The lowest BCUT2D eigenvalue weighted by Gasteiger charge is -2.66. The van der Waals surface area contributed by atoms with Crippen LogP contribution < -0.4 is 0 Å². The number of hydrogen-bond donors (Lipinski definition) is 2. The van der Waals surface area contributed by atoms with Crippen molar-refractivity contribution in [2.24, 2.45) is 40.4 Å². The molecule has 1 spiro atoms. The summed E-state index contributed by atoms with van der Waals surface area (Å²) in [6, 6.07) is 0. The fourth-order valence-corrected chi connectivity index (χ4v) is 11.6. The first kappa shape index (κ1) is 21.8. The van der Waals surface area contributed by atoms with E-state index in [2.05, 4.69) is 6.08 Å². The largest absolute Gasteiger partial charge is 0.458 e. The van der Waals surface area contributed by atoms with Crippen LogP contribution in [0.2, 0.25) is 0 Å². The van der Waals surface area contributed by atoms with Crippen LogP contribution in [0, 0.1) is 40.4 Å². The Morgan fingerprint density at radius 2 is 1.84 bits per heavy atom. The van der Waals surface area contributed by atoms with E-state index < -0.39 is 86.7 Å². The SMILES string of the molecule is CC12C(=O)C=CCC1=CCC1C2C2CC3(O)C(=O)OC4(C)C5CC6(C)C(COC17OC34C6C27O)C(=O)O5. The van der Waals surface area contributed by atoms with E-state index in [1.165, 1.54) is 0 Å². The number of allylic oxidation sites excluding steroid dienone is 4. The van der Waals surface area contributed by atoms with E-state index in [1.54, 1.807) is 13.0 Å². The Morgan fingerprint density at radius 3 is 2.62 bits per heavy atom. The Balaban J connectivity index is 1.39. The molecule has 13 atom stereocenters. The maximum absolute atomic E-state index is 13.7. The molecule has 7 fully saturated rings. The second kappa shape index (κ2) is 5.48. The zero-order chi connectivity index (χ0) is 25.8. The minimum atomic E-state index is -2.09. The number of esters is 2. The van der Waals surface area contributed by atoms with Gasteiger partial charge in [-0.15, -0.1) is 0 Å². The van der Waals surface area contributed by atoms with E-state index in [1.807, 2.05) is 19.9 Å². The number of carbonyl (C=O) groups is 3. The third-order valence-corrected chi connectivity index (χ3v) is 12.9. The number of hydrogen-bond acceptors (Lipinski definition) is 9. The summed E-state index contributed by atoms with van der Waals surface area (Å²) in [4.78, 5) is 40.7. The van der Waals surface area contributed by atoms with Crippen molar-refractivity contribution in [2.75, 3.05) is 6.61 Å². The highest BCUT2D eigenvalue weighted by atomic mass is 16.8. The zero-order valence-electron chi connectivity index (χ0n) is 21.0. The van der Waals surface area contributed by atoms with Crippen LogP contribution in [0.15, 0.2) is 23.8 Å². The second-order valence-electron chi connectivity index (χ2n) is 13.7. The summed E-state index contributed by atoms with van der Waals surface area (Å²) < 4.78 is 25.6. The van der Waals surface area contributed by atoms with Crippen molar-refractivity contribution in [3.63, 3.8) is 0 Å². The standard InChI is InChI=1S/C28H30O9/c1-22-10-17-24(3)27-20(22)26(33)14(9-25(27,32)21(31)36-24)18-13(8-7-12-5-4-6-16(29)23(12,18)2)28(26,37-27)34-11-15(22)19(30)35-17/h4,6-7,13-15,17-18,20,32-33H,5,8-11H2,1-3H3. The van der Waals surface area contributed by atoms with Gasteiger partial charge in [0.25, 0.3) is 0 Å². The molecule has 37 heavy (non-hydrogen) atoms. The maximum Gasteiger partial charge on any atom is 0.342 e.